The van der Waals surface area contributed by atoms with Crippen molar-refractivity contribution < 1.29 is 13.6 Å². The molecule has 2 saturated heterocycles. The highest BCUT2D eigenvalue weighted by molar-refractivity contribution is 5.79. The first-order valence-electron chi connectivity index (χ1n) is 7.27. The van der Waals surface area contributed by atoms with Gasteiger partial charge in [-0.05, 0) is 31.2 Å². The lowest BCUT2D eigenvalue weighted by Gasteiger charge is -2.39. The van der Waals surface area contributed by atoms with E-state index in [0.29, 0.717) is 38.2 Å². The zero-order valence-corrected chi connectivity index (χ0v) is 12.0. The van der Waals surface area contributed by atoms with E-state index in [0.717, 1.165) is 6.42 Å². The summed E-state index contributed by atoms with van der Waals surface area (Å²) in [6.07, 6.45) is 1.32. The van der Waals surface area contributed by atoms with Crippen LogP contribution in [-0.2, 0) is 11.3 Å². The average Bonchev–Trinajstić information content (AvgIpc) is 2.80. The highest BCUT2D eigenvalue weighted by Crippen LogP contribution is 2.30. The van der Waals surface area contributed by atoms with E-state index in [1.165, 1.54) is 12.1 Å². The lowest BCUT2D eigenvalue weighted by atomic mass is 10.1. The van der Waals surface area contributed by atoms with Gasteiger partial charge in [-0.2, -0.15) is 0 Å². The summed E-state index contributed by atoms with van der Waals surface area (Å²) in [7, 11) is 1.74. The van der Waals surface area contributed by atoms with Gasteiger partial charge < -0.3 is 15.1 Å². The van der Waals surface area contributed by atoms with E-state index in [-0.39, 0.29) is 17.6 Å². The predicted octanol–water partition coefficient (Wildman–Crippen LogP) is 1.50. The number of piperazine rings is 1. The quantitative estimate of drug-likeness (QED) is 0.918. The minimum absolute atomic E-state index is 0.0360. The molecule has 1 amide bonds. The van der Waals surface area contributed by atoms with E-state index >= 15 is 0 Å². The van der Waals surface area contributed by atoms with Crippen molar-refractivity contribution in [3.05, 3.63) is 29.3 Å². The molecule has 0 aromatic heterocycles. The molecule has 1 aromatic carbocycles. The van der Waals surface area contributed by atoms with Crippen molar-refractivity contribution in [3.8, 4) is 0 Å². The number of nitrogens with zero attached hydrogens (tertiary/aromatic N) is 2. The molecule has 2 aliphatic heterocycles. The van der Waals surface area contributed by atoms with Crippen LogP contribution in [0.2, 0.25) is 0 Å². The predicted molar refractivity (Wildman–Crippen MR) is 76.1 cm³/mol. The monoisotopic (exact) mass is 295 g/mol. The number of carbonyl (C=O) groups is 1. The molecule has 1 atom stereocenters. The van der Waals surface area contributed by atoms with Crippen molar-refractivity contribution in [2.45, 2.75) is 25.4 Å². The van der Waals surface area contributed by atoms with Crippen molar-refractivity contribution in [2.75, 3.05) is 31.6 Å². The van der Waals surface area contributed by atoms with Gasteiger partial charge in [0.15, 0.2) is 0 Å². The Morgan fingerprint density at radius 2 is 2.00 bits per heavy atom. The molecule has 21 heavy (non-hydrogen) atoms. The van der Waals surface area contributed by atoms with E-state index in [2.05, 4.69) is 5.32 Å². The van der Waals surface area contributed by atoms with Gasteiger partial charge in [0.05, 0.1) is 0 Å². The van der Waals surface area contributed by atoms with Crippen molar-refractivity contribution in [3.63, 3.8) is 0 Å². The number of hydrogen-bond donors (Lipinski definition) is 1. The van der Waals surface area contributed by atoms with Crippen LogP contribution in [0.25, 0.3) is 0 Å². The fourth-order valence-electron chi connectivity index (χ4n) is 3.29. The Balaban J connectivity index is 1.83. The number of halogens is 2. The maximum Gasteiger partial charge on any atom is 0.223 e. The van der Waals surface area contributed by atoms with Crippen molar-refractivity contribution >= 4 is 11.6 Å². The molecule has 0 bridgehead atoms. The van der Waals surface area contributed by atoms with Gasteiger partial charge in [0.1, 0.15) is 17.3 Å². The summed E-state index contributed by atoms with van der Waals surface area (Å²) >= 11 is 0. The fourth-order valence-corrected chi connectivity index (χ4v) is 3.29. The van der Waals surface area contributed by atoms with Crippen LogP contribution in [0.5, 0.6) is 0 Å². The van der Waals surface area contributed by atoms with Gasteiger partial charge in [0.25, 0.3) is 0 Å². The van der Waals surface area contributed by atoms with Crippen molar-refractivity contribution in [2.24, 2.45) is 0 Å². The summed E-state index contributed by atoms with van der Waals surface area (Å²) in [5.74, 6) is -0.902. The molecule has 0 aliphatic carbocycles. The smallest absolute Gasteiger partial charge is 0.223 e. The van der Waals surface area contributed by atoms with Crippen LogP contribution in [0.15, 0.2) is 12.1 Å². The molecule has 2 aliphatic rings. The van der Waals surface area contributed by atoms with Gasteiger partial charge in [-0.3, -0.25) is 4.79 Å². The van der Waals surface area contributed by atoms with Crippen LogP contribution in [0.4, 0.5) is 14.5 Å². The molecule has 1 aromatic rings. The van der Waals surface area contributed by atoms with Gasteiger partial charge in [-0.25, -0.2) is 8.78 Å². The lowest BCUT2D eigenvalue weighted by Crippen LogP contribution is -2.52. The number of fused-ring (bicyclic) bond motifs is 1. The molecule has 2 fully saturated rings. The molecule has 3 rings (SSSR count). The Labute approximate surface area is 122 Å². The summed E-state index contributed by atoms with van der Waals surface area (Å²) < 4.78 is 28.5. The first-order valence-corrected chi connectivity index (χ1v) is 7.27. The van der Waals surface area contributed by atoms with E-state index in [4.69, 9.17) is 0 Å². The van der Waals surface area contributed by atoms with E-state index in [9.17, 15) is 13.6 Å². The number of amides is 1. The van der Waals surface area contributed by atoms with Crippen LogP contribution < -0.4 is 10.2 Å². The highest BCUT2D eigenvalue weighted by Gasteiger charge is 2.36. The molecule has 2 heterocycles. The number of benzene rings is 1. The van der Waals surface area contributed by atoms with Gasteiger partial charge >= 0.3 is 0 Å². The summed E-state index contributed by atoms with van der Waals surface area (Å²) in [6.45, 7) is 1.95. The second kappa shape index (κ2) is 5.60. The lowest BCUT2D eigenvalue weighted by molar-refractivity contribution is -0.129. The second-order valence-electron chi connectivity index (χ2n) is 5.66. The highest BCUT2D eigenvalue weighted by atomic mass is 19.1. The van der Waals surface area contributed by atoms with Gasteiger partial charge in [0.2, 0.25) is 5.91 Å². The number of nitrogens with one attached hydrogen (secondary N) is 1. The average molecular weight is 295 g/mol. The van der Waals surface area contributed by atoms with Crippen LogP contribution in [0.3, 0.4) is 0 Å². The topological polar surface area (TPSA) is 35.6 Å². The third-order valence-corrected chi connectivity index (χ3v) is 4.27. The van der Waals surface area contributed by atoms with Gasteiger partial charge in [-0.1, -0.05) is 0 Å². The Kier molecular flexibility index (Phi) is 3.80. The van der Waals surface area contributed by atoms with Crippen molar-refractivity contribution in [1.82, 2.24) is 10.2 Å². The number of hydrogen-bond acceptors (Lipinski definition) is 3. The van der Waals surface area contributed by atoms with Gasteiger partial charge in [-0.15, -0.1) is 0 Å². The van der Waals surface area contributed by atoms with Crippen LogP contribution >= 0.6 is 0 Å². The third kappa shape index (κ3) is 2.60. The first-order chi connectivity index (χ1) is 10.1. The molecule has 0 spiro atoms. The van der Waals surface area contributed by atoms with Crippen LogP contribution in [-0.4, -0.2) is 43.5 Å². The standard InChI is InChI=1S/C15H19F2N3O/c1-18-8-10-6-12(16)15(13(17)7-10)19-4-5-20-11(9-19)2-3-14(20)21/h6-7,11,18H,2-5,8-9H2,1H3. The van der Waals surface area contributed by atoms with E-state index in [1.54, 1.807) is 11.9 Å². The molecule has 0 radical (unpaired) electrons. The molecule has 1 unspecified atom stereocenters. The van der Waals surface area contributed by atoms with Crippen LogP contribution in [0, 0.1) is 11.6 Å². The van der Waals surface area contributed by atoms with Gasteiger partial charge in [0, 0.05) is 38.6 Å². The molecule has 0 saturated carbocycles. The zero-order chi connectivity index (χ0) is 15.0. The second-order valence-corrected chi connectivity index (χ2v) is 5.66. The SMILES string of the molecule is CNCc1cc(F)c(N2CCN3C(=O)CCC3C2)c(F)c1. The first kappa shape index (κ1) is 14.3. The Bertz CT molecular complexity index is 541. The minimum atomic E-state index is -0.530. The number of carbonyl (C=O) groups excluding carboxylic acids is 1. The number of rotatable bonds is 3. The van der Waals surface area contributed by atoms with E-state index < -0.39 is 11.6 Å². The summed E-state index contributed by atoms with van der Waals surface area (Å²) in [6, 6.07) is 2.84. The summed E-state index contributed by atoms with van der Waals surface area (Å²) in [4.78, 5) is 15.2. The largest absolute Gasteiger partial charge is 0.363 e. The molecule has 114 valence electrons. The Morgan fingerprint density at radius 3 is 2.67 bits per heavy atom. The molecule has 6 heteroatoms. The third-order valence-electron chi connectivity index (χ3n) is 4.27. The fraction of sp³-hybridized carbons (Fsp3) is 0.533. The Hall–Kier alpha value is -1.69. The minimum Gasteiger partial charge on any atom is -0.363 e. The molecule has 4 nitrogen and oxygen atoms in total. The summed E-state index contributed by atoms with van der Waals surface area (Å²) in [5, 5.41) is 2.88. The maximum atomic E-state index is 14.2. The molecular weight excluding hydrogens is 276 g/mol. The maximum absolute atomic E-state index is 14.2. The van der Waals surface area contributed by atoms with Crippen molar-refractivity contribution in [1.29, 1.82) is 0 Å². The zero-order valence-electron chi connectivity index (χ0n) is 12.0. The Morgan fingerprint density at radius 1 is 1.29 bits per heavy atom. The molecule has 1 N–H and O–H groups in total. The molecular formula is C15H19F2N3O. The van der Waals surface area contributed by atoms with E-state index in [1.807, 2.05) is 4.90 Å². The summed E-state index contributed by atoms with van der Waals surface area (Å²) in [5.41, 5.74) is 0.625. The normalized spacial score (nSPS) is 21.9. The number of anilines is 1. The van der Waals surface area contributed by atoms with Crippen LogP contribution in [0.1, 0.15) is 18.4 Å².